The van der Waals surface area contributed by atoms with Crippen LogP contribution in [0.2, 0.25) is 0 Å². The van der Waals surface area contributed by atoms with E-state index in [9.17, 15) is 8.42 Å². The van der Waals surface area contributed by atoms with Gasteiger partial charge < -0.3 is 10.5 Å². The van der Waals surface area contributed by atoms with Gasteiger partial charge in [0.2, 0.25) is 0 Å². The van der Waals surface area contributed by atoms with Crippen molar-refractivity contribution in [1.82, 2.24) is 0 Å². The summed E-state index contributed by atoms with van der Waals surface area (Å²) in [6, 6.07) is 4.48. The smallest absolute Gasteiger partial charge is 0.177 e. The predicted molar refractivity (Wildman–Crippen MR) is 50.5 cm³/mol. The van der Waals surface area contributed by atoms with Crippen molar-refractivity contribution in [2.75, 3.05) is 19.1 Å². The van der Waals surface area contributed by atoms with Crippen LogP contribution in [0.1, 0.15) is 0 Å². The number of nitrogens with two attached hydrogens (primary N) is 1. The van der Waals surface area contributed by atoms with E-state index in [1.807, 2.05) is 0 Å². The monoisotopic (exact) mass is 201 g/mol. The third-order valence-corrected chi connectivity index (χ3v) is 2.79. The number of nitrogen functional groups attached to an aromatic ring is 1. The van der Waals surface area contributed by atoms with Crippen LogP contribution in [0.25, 0.3) is 0 Å². The second kappa shape index (κ2) is 3.26. The van der Waals surface area contributed by atoms with Crippen LogP contribution < -0.4 is 10.5 Å². The van der Waals surface area contributed by atoms with Gasteiger partial charge in [-0.1, -0.05) is 0 Å². The van der Waals surface area contributed by atoms with E-state index in [-0.39, 0.29) is 10.6 Å². The minimum absolute atomic E-state index is 0.133. The van der Waals surface area contributed by atoms with Crippen LogP contribution in [0.3, 0.4) is 0 Å². The average Bonchev–Trinajstić information content (AvgIpc) is 2.01. The molecule has 0 aliphatic heterocycles. The summed E-state index contributed by atoms with van der Waals surface area (Å²) in [4.78, 5) is 0.133. The minimum atomic E-state index is -3.24. The van der Waals surface area contributed by atoms with Crippen LogP contribution in [0.4, 0.5) is 5.69 Å². The molecular weight excluding hydrogens is 190 g/mol. The lowest BCUT2D eigenvalue weighted by Gasteiger charge is -2.05. The van der Waals surface area contributed by atoms with Crippen LogP contribution in [0.15, 0.2) is 23.1 Å². The fourth-order valence-electron chi connectivity index (χ4n) is 0.991. The predicted octanol–water partition coefficient (Wildman–Crippen LogP) is 0.681. The third kappa shape index (κ3) is 2.12. The number of sulfone groups is 1. The van der Waals surface area contributed by atoms with Gasteiger partial charge in [0.05, 0.1) is 17.7 Å². The van der Waals surface area contributed by atoms with Crippen molar-refractivity contribution in [3.63, 3.8) is 0 Å². The van der Waals surface area contributed by atoms with Crippen molar-refractivity contribution >= 4 is 15.5 Å². The number of anilines is 1. The van der Waals surface area contributed by atoms with E-state index < -0.39 is 9.84 Å². The molecule has 0 atom stereocenters. The average molecular weight is 201 g/mol. The van der Waals surface area contributed by atoms with Gasteiger partial charge in [-0.2, -0.15) is 0 Å². The highest BCUT2D eigenvalue weighted by atomic mass is 32.2. The number of methoxy groups -OCH3 is 1. The lowest BCUT2D eigenvalue weighted by atomic mass is 10.3. The van der Waals surface area contributed by atoms with E-state index in [1.54, 1.807) is 6.07 Å². The molecule has 0 spiro atoms. The Kier molecular flexibility index (Phi) is 2.47. The molecule has 0 aliphatic rings. The Morgan fingerprint density at radius 1 is 1.38 bits per heavy atom. The van der Waals surface area contributed by atoms with Crippen molar-refractivity contribution in [2.24, 2.45) is 0 Å². The summed E-state index contributed by atoms with van der Waals surface area (Å²) < 4.78 is 27.2. The Morgan fingerprint density at radius 3 is 2.38 bits per heavy atom. The highest BCUT2D eigenvalue weighted by molar-refractivity contribution is 7.90. The van der Waals surface area contributed by atoms with Crippen LogP contribution in [0, 0.1) is 0 Å². The Bertz CT molecular complexity index is 411. The number of hydrogen-bond acceptors (Lipinski definition) is 4. The van der Waals surface area contributed by atoms with E-state index in [0.29, 0.717) is 5.75 Å². The lowest BCUT2D eigenvalue weighted by Crippen LogP contribution is -2.02. The first-order valence-electron chi connectivity index (χ1n) is 3.58. The molecule has 4 nitrogen and oxygen atoms in total. The number of benzene rings is 1. The molecule has 1 aromatic carbocycles. The zero-order valence-corrected chi connectivity index (χ0v) is 8.26. The van der Waals surface area contributed by atoms with Gasteiger partial charge in [-0.05, 0) is 12.1 Å². The molecule has 1 rings (SSSR count). The van der Waals surface area contributed by atoms with Gasteiger partial charge in [-0.15, -0.1) is 0 Å². The molecule has 0 aliphatic carbocycles. The Hall–Kier alpha value is -1.23. The standard InChI is InChI=1S/C8H11NO3S/c1-12-6-3-4-8(7(9)5-6)13(2,10)11/h3-5H,9H2,1-2H3. The Morgan fingerprint density at radius 2 is 2.00 bits per heavy atom. The lowest BCUT2D eigenvalue weighted by molar-refractivity contribution is 0.414. The summed E-state index contributed by atoms with van der Waals surface area (Å²) in [5, 5.41) is 0. The summed E-state index contributed by atoms with van der Waals surface area (Å²) in [7, 11) is -1.74. The molecule has 0 aromatic heterocycles. The van der Waals surface area contributed by atoms with Crippen molar-refractivity contribution in [3.05, 3.63) is 18.2 Å². The summed E-state index contributed by atoms with van der Waals surface area (Å²) in [6.45, 7) is 0. The van der Waals surface area contributed by atoms with Crippen LogP contribution >= 0.6 is 0 Å². The zero-order chi connectivity index (χ0) is 10.1. The summed E-state index contributed by atoms with van der Waals surface area (Å²) in [5.41, 5.74) is 5.73. The summed E-state index contributed by atoms with van der Waals surface area (Å²) in [5.74, 6) is 0.546. The molecule has 0 heterocycles. The first-order valence-corrected chi connectivity index (χ1v) is 5.48. The summed E-state index contributed by atoms with van der Waals surface area (Å²) in [6.07, 6.45) is 1.12. The maximum atomic E-state index is 11.1. The number of ether oxygens (including phenoxy) is 1. The fourth-order valence-corrected chi connectivity index (χ4v) is 1.79. The van der Waals surface area contributed by atoms with Gasteiger partial charge >= 0.3 is 0 Å². The Labute approximate surface area is 77.2 Å². The normalized spacial score (nSPS) is 11.2. The molecule has 1 aromatic rings. The Balaban J connectivity index is 3.29. The first kappa shape index (κ1) is 9.85. The SMILES string of the molecule is COc1ccc(S(C)(=O)=O)c(N)c1. The van der Waals surface area contributed by atoms with Crippen LogP contribution in [-0.2, 0) is 9.84 Å². The molecule has 0 amide bonds. The van der Waals surface area contributed by atoms with E-state index in [2.05, 4.69) is 0 Å². The molecule has 0 fully saturated rings. The maximum Gasteiger partial charge on any atom is 0.177 e. The quantitative estimate of drug-likeness (QED) is 0.714. The van der Waals surface area contributed by atoms with Crippen molar-refractivity contribution < 1.29 is 13.2 Å². The van der Waals surface area contributed by atoms with Gasteiger partial charge in [0.1, 0.15) is 5.75 Å². The highest BCUT2D eigenvalue weighted by Gasteiger charge is 2.11. The topological polar surface area (TPSA) is 69.4 Å². The minimum Gasteiger partial charge on any atom is -0.497 e. The molecule has 0 saturated carbocycles. The molecule has 0 bridgehead atoms. The van der Waals surface area contributed by atoms with E-state index in [4.69, 9.17) is 10.5 Å². The molecule has 0 radical (unpaired) electrons. The largest absolute Gasteiger partial charge is 0.497 e. The highest BCUT2D eigenvalue weighted by Crippen LogP contribution is 2.23. The molecule has 13 heavy (non-hydrogen) atoms. The third-order valence-electron chi connectivity index (χ3n) is 1.62. The van der Waals surface area contributed by atoms with E-state index in [0.717, 1.165) is 6.26 Å². The molecule has 0 saturated heterocycles. The molecule has 0 unspecified atom stereocenters. The van der Waals surface area contributed by atoms with Gasteiger partial charge in [0.15, 0.2) is 9.84 Å². The molecule has 72 valence electrons. The maximum absolute atomic E-state index is 11.1. The second-order valence-electron chi connectivity index (χ2n) is 2.68. The van der Waals surface area contributed by atoms with Gasteiger partial charge in [0, 0.05) is 12.3 Å². The van der Waals surface area contributed by atoms with Crippen molar-refractivity contribution in [1.29, 1.82) is 0 Å². The summed E-state index contributed by atoms with van der Waals surface area (Å²) >= 11 is 0. The van der Waals surface area contributed by atoms with Gasteiger partial charge in [-0.25, -0.2) is 8.42 Å². The molecule has 2 N–H and O–H groups in total. The fraction of sp³-hybridized carbons (Fsp3) is 0.250. The van der Waals surface area contributed by atoms with E-state index in [1.165, 1.54) is 19.2 Å². The first-order chi connectivity index (χ1) is 5.95. The zero-order valence-electron chi connectivity index (χ0n) is 7.44. The number of rotatable bonds is 2. The number of hydrogen-bond donors (Lipinski definition) is 1. The van der Waals surface area contributed by atoms with E-state index >= 15 is 0 Å². The van der Waals surface area contributed by atoms with Crippen LogP contribution in [0.5, 0.6) is 5.75 Å². The van der Waals surface area contributed by atoms with Gasteiger partial charge in [-0.3, -0.25) is 0 Å². The second-order valence-corrected chi connectivity index (χ2v) is 4.66. The van der Waals surface area contributed by atoms with Crippen LogP contribution in [-0.4, -0.2) is 21.8 Å². The molecular formula is C8H11NO3S. The van der Waals surface area contributed by atoms with Crippen molar-refractivity contribution in [3.8, 4) is 5.75 Å². The van der Waals surface area contributed by atoms with Crippen molar-refractivity contribution in [2.45, 2.75) is 4.90 Å². The van der Waals surface area contributed by atoms with Gasteiger partial charge in [0.25, 0.3) is 0 Å². The molecule has 5 heteroatoms.